The number of amides is 2. The van der Waals surface area contributed by atoms with Gasteiger partial charge in [0.2, 0.25) is 0 Å². The summed E-state index contributed by atoms with van der Waals surface area (Å²) < 4.78 is 4.83. The molecule has 1 N–H and O–H groups in total. The Labute approximate surface area is 200 Å². The van der Waals surface area contributed by atoms with Crippen LogP contribution in [-0.4, -0.2) is 52.3 Å². The summed E-state index contributed by atoms with van der Waals surface area (Å²) in [6.45, 7) is 2.37. The molecule has 0 unspecified atom stereocenters. The van der Waals surface area contributed by atoms with E-state index in [9.17, 15) is 19.2 Å². The van der Waals surface area contributed by atoms with Crippen LogP contribution in [0.2, 0.25) is 0 Å². The molecule has 3 rings (SSSR count). The number of methoxy groups -OCH3 is 1. The van der Waals surface area contributed by atoms with Gasteiger partial charge in [0.1, 0.15) is 11.4 Å². The molecular weight excluding hydrogens is 434 g/mol. The van der Waals surface area contributed by atoms with E-state index in [0.717, 1.165) is 19.3 Å². The van der Waals surface area contributed by atoms with Gasteiger partial charge in [-0.25, -0.2) is 4.79 Å². The molecule has 0 spiro atoms. The highest BCUT2D eigenvalue weighted by molar-refractivity contribution is 6.21. The number of rotatable bonds is 14. The molecular formula is C26H33N3O5. The molecule has 1 aromatic heterocycles. The number of H-pyrrole nitrogens is 1. The Morgan fingerprint density at radius 1 is 0.941 bits per heavy atom. The van der Waals surface area contributed by atoms with Crippen LogP contribution in [0, 0.1) is 0 Å². The van der Waals surface area contributed by atoms with E-state index in [1.807, 2.05) is 0 Å². The lowest BCUT2D eigenvalue weighted by Crippen LogP contribution is -2.31. The van der Waals surface area contributed by atoms with E-state index in [-0.39, 0.29) is 35.5 Å². The minimum atomic E-state index is -0.599. The van der Waals surface area contributed by atoms with Gasteiger partial charge in [-0.05, 0) is 31.4 Å². The van der Waals surface area contributed by atoms with Gasteiger partial charge < -0.3 is 4.74 Å². The average Bonchev–Trinajstić information content (AvgIpc) is 3.38. The monoisotopic (exact) mass is 467 g/mol. The molecule has 0 saturated heterocycles. The van der Waals surface area contributed by atoms with Crippen LogP contribution in [-0.2, 0) is 11.2 Å². The Kier molecular flexibility index (Phi) is 9.13. The summed E-state index contributed by atoms with van der Waals surface area (Å²) >= 11 is 0. The zero-order valence-corrected chi connectivity index (χ0v) is 20.0. The summed E-state index contributed by atoms with van der Waals surface area (Å²) in [5.74, 6) is -1.36. The highest BCUT2D eigenvalue weighted by atomic mass is 16.5. The number of unbranched alkanes of at least 4 members (excludes halogenated alkanes) is 6. The second kappa shape index (κ2) is 12.3. The van der Waals surface area contributed by atoms with Crippen molar-refractivity contribution < 1.29 is 23.9 Å². The number of fused-ring (bicyclic) bond motifs is 1. The topological polar surface area (TPSA) is 109 Å². The first-order chi connectivity index (χ1) is 16.5. The van der Waals surface area contributed by atoms with Crippen LogP contribution in [0.1, 0.15) is 112 Å². The Morgan fingerprint density at radius 2 is 1.56 bits per heavy atom. The number of hydrogen-bond acceptors (Lipinski definition) is 6. The van der Waals surface area contributed by atoms with E-state index in [1.165, 1.54) is 37.7 Å². The maximum Gasteiger partial charge on any atom is 0.356 e. The average molecular weight is 468 g/mol. The van der Waals surface area contributed by atoms with Crippen molar-refractivity contribution in [2.75, 3.05) is 13.7 Å². The molecule has 0 aliphatic carbocycles. The summed E-state index contributed by atoms with van der Waals surface area (Å²) in [6, 6.07) is 6.73. The molecule has 0 bridgehead atoms. The molecule has 1 aliphatic rings. The van der Waals surface area contributed by atoms with Crippen LogP contribution in [0.3, 0.4) is 0 Å². The van der Waals surface area contributed by atoms with Crippen molar-refractivity contribution in [2.45, 2.75) is 71.1 Å². The number of carbonyl (C=O) groups excluding carboxylic acids is 4. The number of nitrogens with zero attached hydrogens (tertiary/aromatic N) is 2. The predicted octanol–water partition coefficient (Wildman–Crippen LogP) is 4.75. The third kappa shape index (κ3) is 5.79. The van der Waals surface area contributed by atoms with Gasteiger partial charge in [0, 0.05) is 18.5 Å². The highest BCUT2D eigenvalue weighted by Gasteiger charge is 2.34. The molecule has 0 atom stereocenters. The Hall–Kier alpha value is -3.29. The van der Waals surface area contributed by atoms with E-state index < -0.39 is 5.97 Å². The number of imide groups is 1. The van der Waals surface area contributed by atoms with Crippen molar-refractivity contribution in [1.29, 1.82) is 0 Å². The van der Waals surface area contributed by atoms with E-state index in [2.05, 4.69) is 17.1 Å². The first-order valence-electron chi connectivity index (χ1n) is 12.1. The number of esters is 1. The number of hydrogen-bond donors (Lipinski definition) is 1. The quantitative estimate of drug-likeness (QED) is 0.186. The maximum absolute atomic E-state index is 12.8. The van der Waals surface area contributed by atoms with Crippen LogP contribution in [0.5, 0.6) is 0 Å². The molecule has 2 amide bonds. The largest absolute Gasteiger partial charge is 0.464 e. The van der Waals surface area contributed by atoms with Gasteiger partial charge in [-0.2, -0.15) is 5.10 Å². The Morgan fingerprint density at radius 3 is 2.18 bits per heavy atom. The van der Waals surface area contributed by atoms with E-state index >= 15 is 0 Å². The summed E-state index contributed by atoms with van der Waals surface area (Å²) in [6.07, 6.45) is 8.79. The zero-order valence-electron chi connectivity index (χ0n) is 20.0. The van der Waals surface area contributed by atoms with Crippen molar-refractivity contribution in [3.05, 3.63) is 52.3 Å². The highest BCUT2D eigenvalue weighted by Crippen LogP contribution is 2.24. The number of Topliss-reactive ketones (excluding diaryl/α,β-unsaturated/α-hetero) is 1. The number of aromatic nitrogens is 2. The minimum absolute atomic E-state index is 0.115. The zero-order chi connectivity index (χ0) is 24.5. The van der Waals surface area contributed by atoms with E-state index in [4.69, 9.17) is 4.74 Å². The first kappa shape index (κ1) is 25.3. The van der Waals surface area contributed by atoms with Gasteiger partial charge in [0.15, 0.2) is 5.78 Å². The van der Waals surface area contributed by atoms with Gasteiger partial charge in [-0.3, -0.25) is 24.4 Å². The number of benzene rings is 1. The Bertz CT molecular complexity index is 1010. The van der Waals surface area contributed by atoms with Gasteiger partial charge in [0.05, 0.1) is 18.2 Å². The van der Waals surface area contributed by atoms with Crippen molar-refractivity contribution >= 4 is 23.6 Å². The van der Waals surface area contributed by atoms with Crippen LogP contribution in [0.15, 0.2) is 24.3 Å². The van der Waals surface area contributed by atoms with Crippen molar-refractivity contribution in [2.24, 2.45) is 0 Å². The van der Waals surface area contributed by atoms with Gasteiger partial charge in [-0.1, -0.05) is 57.6 Å². The summed E-state index contributed by atoms with van der Waals surface area (Å²) in [5.41, 5.74) is 1.67. The van der Waals surface area contributed by atoms with Crippen LogP contribution in [0.4, 0.5) is 0 Å². The third-order valence-corrected chi connectivity index (χ3v) is 6.21. The lowest BCUT2D eigenvalue weighted by molar-refractivity contribution is 0.0588. The number of ether oxygens (including phenoxy) is 1. The fourth-order valence-electron chi connectivity index (χ4n) is 4.33. The summed E-state index contributed by atoms with van der Waals surface area (Å²) in [5, 5.41) is 6.76. The van der Waals surface area contributed by atoms with Crippen molar-refractivity contribution in [3.8, 4) is 0 Å². The lowest BCUT2D eigenvalue weighted by Gasteiger charge is -2.13. The fraction of sp³-hybridized carbons (Fsp3) is 0.500. The standard InChI is InChI=1S/C26H33N3O5/c1-3-4-5-6-7-8-9-16-21(30)22-20(23(28-27-22)26(33)34-2)15-12-17-29-24(31)18-13-10-11-14-19(18)25(29)32/h10-11,13-14H,3-9,12,15-17H2,1-2H3,(H,27,28). The predicted molar refractivity (Wildman–Crippen MR) is 127 cm³/mol. The van der Waals surface area contributed by atoms with E-state index in [0.29, 0.717) is 36.0 Å². The number of nitrogens with one attached hydrogen (secondary N) is 1. The van der Waals surface area contributed by atoms with Gasteiger partial charge in [-0.15, -0.1) is 0 Å². The molecule has 8 nitrogen and oxygen atoms in total. The molecule has 2 heterocycles. The van der Waals surface area contributed by atoms with Gasteiger partial charge >= 0.3 is 5.97 Å². The van der Waals surface area contributed by atoms with Gasteiger partial charge in [0.25, 0.3) is 11.8 Å². The second-order valence-corrected chi connectivity index (χ2v) is 8.62. The third-order valence-electron chi connectivity index (χ3n) is 6.21. The lowest BCUT2D eigenvalue weighted by atomic mass is 10.0. The first-order valence-corrected chi connectivity index (χ1v) is 12.1. The number of carbonyl (C=O) groups is 4. The number of ketones is 1. The molecule has 8 heteroatoms. The molecule has 0 saturated carbocycles. The van der Waals surface area contributed by atoms with Crippen LogP contribution >= 0.6 is 0 Å². The Balaban J connectivity index is 1.60. The molecule has 2 aromatic rings. The second-order valence-electron chi connectivity index (χ2n) is 8.62. The van der Waals surface area contributed by atoms with Crippen LogP contribution in [0.25, 0.3) is 0 Å². The minimum Gasteiger partial charge on any atom is -0.464 e. The maximum atomic E-state index is 12.8. The molecule has 0 radical (unpaired) electrons. The summed E-state index contributed by atoms with van der Waals surface area (Å²) in [7, 11) is 1.27. The smallest absolute Gasteiger partial charge is 0.356 e. The summed E-state index contributed by atoms with van der Waals surface area (Å²) in [4.78, 5) is 51.4. The normalized spacial score (nSPS) is 12.8. The molecule has 34 heavy (non-hydrogen) atoms. The van der Waals surface area contributed by atoms with Crippen molar-refractivity contribution in [1.82, 2.24) is 15.1 Å². The molecule has 1 aliphatic heterocycles. The molecule has 1 aromatic carbocycles. The van der Waals surface area contributed by atoms with Crippen molar-refractivity contribution in [3.63, 3.8) is 0 Å². The molecule has 182 valence electrons. The molecule has 0 fully saturated rings. The number of aromatic amines is 1. The fourth-order valence-corrected chi connectivity index (χ4v) is 4.33. The van der Waals surface area contributed by atoms with Crippen LogP contribution < -0.4 is 0 Å². The SMILES string of the molecule is CCCCCCCCCC(=O)c1n[nH]c(C(=O)OC)c1CCCN1C(=O)c2ccccc2C1=O. The van der Waals surface area contributed by atoms with E-state index in [1.54, 1.807) is 24.3 Å².